The van der Waals surface area contributed by atoms with Crippen molar-refractivity contribution in [1.29, 1.82) is 0 Å². The Labute approximate surface area is 206 Å². The van der Waals surface area contributed by atoms with E-state index in [0.717, 1.165) is 17.7 Å². The van der Waals surface area contributed by atoms with Crippen molar-refractivity contribution in [2.24, 2.45) is 4.99 Å². The molecule has 7 nitrogen and oxygen atoms in total. The van der Waals surface area contributed by atoms with Crippen molar-refractivity contribution in [1.82, 2.24) is 20.9 Å². The molecule has 0 bridgehead atoms. The monoisotopic (exact) mass is 559 g/mol. The molecule has 0 aliphatic rings. The van der Waals surface area contributed by atoms with E-state index in [0.29, 0.717) is 37.7 Å². The fourth-order valence-electron chi connectivity index (χ4n) is 2.75. The zero-order chi connectivity index (χ0) is 22.0. The summed E-state index contributed by atoms with van der Waals surface area (Å²) in [6.07, 6.45) is 0. The molecule has 0 aliphatic heterocycles. The Morgan fingerprint density at radius 2 is 2.00 bits per heavy atom. The molecule has 0 saturated carbocycles. The number of thiophene rings is 1. The summed E-state index contributed by atoms with van der Waals surface area (Å²) in [5.74, 6) is 0.536. The largest absolute Gasteiger partial charge is 0.384 e. The van der Waals surface area contributed by atoms with Crippen LogP contribution in [0.25, 0.3) is 0 Å². The molecular formula is C22H34IN5O2S. The van der Waals surface area contributed by atoms with E-state index in [4.69, 9.17) is 0 Å². The van der Waals surface area contributed by atoms with Gasteiger partial charge in [-0.3, -0.25) is 4.79 Å². The first kappa shape index (κ1) is 27.3. The molecule has 1 heterocycles. The maximum absolute atomic E-state index is 12.3. The van der Waals surface area contributed by atoms with E-state index in [2.05, 4.69) is 20.9 Å². The van der Waals surface area contributed by atoms with E-state index in [-0.39, 0.29) is 29.9 Å². The van der Waals surface area contributed by atoms with E-state index in [1.807, 2.05) is 60.9 Å². The fraction of sp³-hybridized carbons (Fsp3) is 0.455. The smallest absolute Gasteiger partial charge is 0.251 e. The molecule has 2 aromatic rings. The summed E-state index contributed by atoms with van der Waals surface area (Å²) in [5, 5.41) is 23.9. The van der Waals surface area contributed by atoms with Gasteiger partial charge in [0.05, 0.1) is 13.1 Å². The Hall–Kier alpha value is -1.69. The second kappa shape index (κ2) is 13.7. The van der Waals surface area contributed by atoms with Crippen LogP contribution in [0.3, 0.4) is 0 Å². The number of carbonyl (C=O) groups excluding carboxylic acids is 1. The highest BCUT2D eigenvalue weighted by Gasteiger charge is 2.23. The first-order chi connectivity index (χ1) is 14.3. The summed E-state index contributed by atoms with van der Waals surface area (Å²) < 4.78 is 0. The van der Waals surface area contributed by atoms with Gasteiger partial charge in [0, 0.05) is 25.2 Å². The van der Waals surface area contributed by atoms with Gasteiger partial charge in [-0.2, -0.15) is 11.3 Å². The molecule has 0 fully saturated rings. The molecular weight excluding hydrogens is 525 g/mol. The number of nitrogens with zero attached hydrogens (tertiary/aromatic N) is 2. The van der Waals surface area contributed by atoms with Crippen LogP contribution in [-0.2, 0) is 12.1 Å². The number of aliphatic hydroxyl groups is 1. The lowest BCUT2D eigenvalue weighted by Gasteiger charge is -2.24. The molecule has 4 N–H and O–H groups in total. The standard InChI is InChI=1S/C22H33N5O2S.HI/c1-5-23-21(26-16-22(2,29)19-9-12-30-15-19)25-14-17-7-6-8-18(13-17)20(28)24-10-11-27(3)4;/h6-9,12-13,15,29H,5,10-11,14,16H2,1-4H3,(H,24,28)(H2,23,25,26);1H. The number of aliphatic imine (C=N–C) groups is 1. The highest BCUT2D eigenvalue weighted by atomic mass is 127. The maximum atomic E-state index is 12.3. The first-order valence-corrected chi connectivity index (χ1v) is 11.0. The van der Waals surface area contributed by atoms with Gasteiger partial charge >= 0.3 is 0 Å². The number of hydrogen-bond donors (Lipinski definition) is 4. The number of amides is 1. The highest BCUT2D eigenvalue weighted by molar-refractivity contribution is 14.0. The van der Waals surface area contributed by atoms with Crippen LogP contribution in [0, 0.1) is 0 Å². The summed E-state index contributed by atoms with van der Waals surface area (Å²) >= 11 is 1.56. The van der Waals surface area contributed by atoms with Crippen LogP contribution >= 0.6 is 35.3 Å². The number of rotatable bonds is 10. The van der Waals surface area contributed by atoms with E-state index < -0.39 is 5.60 Å². The normalized spacial score (nSPS) is 13.3. The minimum atomic E-state index is -0.985. The zero-order valence-electron chi connectivity index (χ0n) is 18.6. The van der Waals surface area contributed by atoms with Gasteiger partial charge in [-0.05, 0) is 68.0 Å². The third kappa shape index (κ3) is 9.55. The van der Waals surface area contributed by atoms with E-state index >= 15 is 0 Å². The molecule has 31 heavy (non-hydrogen) atoms. The molecule has 172 valence electrons. The lowest BCUT2D eigenvalue weighted by molar-refractivity contribution is 0.0621. The van der Waals surface area contributed by atoms with Gasteiger partial charge in [0.25, 0.3) is 5.91 Å². The van der Waals surface area contributed by atoms with Crippen molar-refractivity contribution in [3.63, 3.8) is 0 Å². The van der Waals surface area contributed by atoms with Crippen molar-refractivity contribution >= 4 is 47.2 Å². The summed E-state index contributed by atoms with van der Waals surface area (Å²) in [5.41, 5.74) is 1.46. The second-order valence-corrected chi connectivity index (χ2v) is 8.37. The molecule has 1 unspecified atom stereocenters. The van der Waals surface area contributed by atoms with Gasteiger partial charge in [0.15, 0.2) is 5.96 Å². The number of carbonyl (C=O) groups is 1. The predicted octanol–water partition coefficient (Wildman–Crippen LogP) is 2.62. The third-order valence-electron chi connectivity index (χ3n) is 4.54. The Kier molecular flexibility index (Phi) is 12.1. The van der Waals surface area contributed by atoms with Crippen LogP contribution in [0.2, 0.25) is 0 Å². The average Bonchev–Trinajstić information content (AvgIpc) is 3.26. The molecule has 1 atom stereocenters. The van der Waals surface area contributed by atoms with Crippen molar-refractivity contribution < 1.29 is 9.90 Å². The van der Waals surface area contributed by atoms with Gasteiger partial charge in [0.2, 0.25) is 0 Å². The summed E-state index contributed by atoms with van der Waals surface area (Å²) in [4.78, 5) is 19.0. The SMILES string of the molecule is CCNC(=NCc1cccc(C(=O)NCCN(C)C)c1)NCC(C)(O)c1ccsc1.I. The van der Waals surface area contributed by atoms with Crippen molar-refractivity contribution in [2.45, 2.75) is 26.0 Å². The Morgan fingerprint density at radius 3 is 2.65 bits per heavy atom. The number of benzene rings is 1. The molecule has 0 saturated heterocycles. The van der Waals surface area contributed by atoms with Gasteiger partial charge in [-0.1, -0.05) is 12.1 Å². The number of guanidine groups is 1. The highest BCUT2D eigenvalue weighted by Crippen LogP contribution is 2.21. The zero-order valence-corrected chi connectivity index (χ0v) is 21.8. The van der Waals surface area contributed by atoms with E-state index in [1.165, 1.54) is 0 Å². The topological polar surface area (TPSA) is 89.0 Å². The molecule has 1 aromatic carbocycles. The molecule has 9 heteroatoms. The predicted molar refractivity (Wildman–Crippen MR) is 139 cm³/mol. The van der Waals surface area contributed by atoms with E-state index in [1.54, 1.807) is 24.3 Å². The molecule has 1 aromatic heterocycles. The molecule has 1 amide bonds. The Bertz CT molecular complexity index is 825. The van der Waals surface area contributed by atoms with Gasteiger partial charge in [0.1, 0.15) is 5.60 Å². The lowest BCUT2D eigenvalue weighted by atomic mass is 9.99. The Balaban J connectivity index is 0.00000480. The van der Waals surface area contributed by atoms with Crippen LogP contribution < -0.4 is 16.0 Å². The van der Waals surface area contributed by atoms with E-state index in [9.17, 15) is 9.90 Å². The molecule has 2 rings (SSSR count). The number of nitrogens with one attached hydrogen (secondary N) is 3. The second-order valence-electron chi connectivity index (χ2n) is 7.59. The quantitative estimate of drug-likeness (QED) is 0.204. The van der Waals surface area contributed by atoms with Crippen LogP contribution in [-0.4, -0.2) is 62.1 Å². The van der Waals surface area contributed by atoms with Crippen molar-refractivity contribution in [3.05, 3.63) is 57.8 Å². The van der Waals surface area contributed by atoms with Crippen LogP contribution in [0.1, 0.15) is 35.3 Å². The maximum Gasteiger partial charge on any atom is 0.251 e. The molecule has 0 aliphatic carbocycles. The number of halogens is 1. The van der Waals surface area contributed by atoms with Crippen molar-refractivity contribution in [3.8, 4) is 0 Å². The van der Waals surface area contributed by atoms with Crippen LogP contribution in [0.5, 0.6) is 0 Å². The minimum absolute atomic E-state index is 0. The van der Waals surface area contributed by atoms with Gasteiger partial charge < -0.3 is 26.0 Å². The van der Waals surface area contributed by atoms with Crippen molar-refractivity contribution in [2.75, 3.05) is 40.3 Å². The number of hydrogen-bond acceptors (Lipinski definition) is 5. The summed E-state index contributed by atoms with van der Waals surface area (Å²) in [7, 11) is 3.95. The fourth-order valence-corrected chi connectivity index (χ4v) is 3.53. The Morgan fingerprint density at radius 1 is 1.23 bits per heavy atom. The molecule has 0 spiro atoms. The average molecular weight is 560 g/mol. The van der Waals surface area contributed by atoms with Crippen LogP contribution in [0.15, 0.2) is 46.1 Å². The minimum Gasteiger partial charge on any atom is -0.384 e. The summed E-state index contributed by atoms with van der Waals surface area (Å²) in [6.45, 7) is 6.64. The first-order valence-electron chi connectivity index (χ1n) is 10.1. The third-order valence-corrected chi connectivity index (χ3v) is 5.22. The lowest BCUT2D eigenvalue weighted by Crippen LogP contribution is -2.44. The number of likely N-dealkylation sites (N-methyl/N-ethyl adjacent to an activating group) is 1. The van der Waals surface area contributed by atoms with Crippen LogP contribution in [0.4, 0.5) is 0 Å². The van der Waals surface area contributed by atoms with Gasteiger partial charge in [-0.15, -0.1) is 24.0 Å². The molecule has 0 radical (unpaired) electrons. The summed E-state index contributed by atoms with van der Waals surface area (Å²) in [6, 6.07) is 9.41. The van der Waals surface area contributed by atoms with Gasteiger partial charge in [-0.25, -0.2) is 4.99 Å².